The molecule has 0 spiro atoms. The number of hydrogen-bond donors (Lipinski definition) is 1. The van der Waals surface area contributed by atoms with Gasteiger partial charge in [-0.2, -0.15) is 0 Å². The molecule has 0 saturated heterocycles. The molecule has 1 aromatic rings. The van der Waals surface area contributed by atoms with Gasteiger partial charge in [-0.1, -0.05) is 0 Å². The Morgan fingerprint density at radius 1 is 1.18 bits per heavy atom. The van der Waals surface area contributed by atoms with Crippen LogP contribution in [0.1, 0.15) is 24.1 Å². The minimum atomic E-state index is 0.676. The van der Waals surface area contributed by atoms with Crippen molar-refractivity contribution in [2.24, 2.45) is 0 Å². The smallest absolute Gasteiger partial charge is 0.130 e. The first kappa shape index (κ1) is 6.58. The van der Waals surface area contributed by atoms with Crippen molar-refractivity contribution >= 4 is 5.82 Å². The first-order valence-corrected chi connectivity index (χ1v) is 3.96. The molecule has 1 aliphatic rings. The van der Waals surface area contributed by atoms with Gasteiger partial charge in [-0.25, -0.2) is 9.97 Å². The summed E-state index contributed by atoms with van der Waals surface area (Å²) in [4.78, 5) is 8.15. The van der Waals surface area contributed by atoms with Gasteiger partial charge in [0.05, 0.1) is 0 Å². The second kappa shape index (κ2) is 2.49. The molecule has 0 amide bonds. The highest BCUT2D eigenvalue weighted by Gasteiger charge is 2.12. The van der Waals surface area contributed by atoms with Crippen molar-refractivity contribution in [3.05, 3.63) is 17.6 Å². The Bertz CT molecular complexity index is 270. The van der Waals surface area contributed by atoms with Crippen molar-refractivity contribution in [3.63, 3.8) is 0 Å². The minimum absolute atomic E-state index is 0.676. The molecule has 2 rings (SSSR count). The Labute approximate surface area is 65.7 Å². The lowest BCUT2D eigenvalue weighted by molar-refractivity contribution is 0.664. The van der Waals surface area contributed by atoms with Gasteiger partial charge >= 0.3 is 0 Å². The quantitative estimate of drug-likeness (QED) is 0.597. The highest BCUT2D eigenvalue weighted by Crippen LogP contribution is 2.21. The predicted molar refractivity (Wildman–Crippen MR) is 43.1 cm³/mol. The van der Waals surface area contributed by atoms with Crippen molar-refractivity contribution in [3.8, 4) is 0 Å². The standard InChI is InChI=1S/C8H11N3/c9-8-6-3-1-2-4-7(6)10-5-11-8/h5H,1-4H2,(H2,9,10,11). The van der Waals surface area contributed by atoms with Crippen LogP contribution in [0.4, 0.5) is 5.82 Å². The molecule has 3 heteroatoms. The maximum atomic E-state index is 5.69. The van der Waals surface area contributed by atoms with Gasteiger partial charge < -0.3 is 5.73 Å². The normalized spacial score (nSPS) is 16.0. The molecule has 0 unspecified atom stereocenters. The number of rotatable bonds is 0. The molecule has 0 radical (unpaired) electrons. The van der Waals surface area contributed by atoms with E-state index in [4.69, 9.17) is 5.73 Å². The molecule has 0 atom stereocenters. The van der Waals surface area contributed by atoms with Gasteiger partial charge in [-0.3, -0.25) is 0 Å². The molecule has 3 nitrogen and oxygen atoms in total. The SMILES string of the molecule is Nc1ncnc2c1CCCC2. The van der Waals surface area contributed by atoms with Gasteiger partial charge in [0.2, 0.25) is 0 Å². The van der Waals surface area contributed by atoms with Crippen LogP contribution in [0.15, 0.2) is 6.33 Å². The van der Waals surface area contributed by atoms with E-state index in [2.05, 4.69) is 9.97 Å². The minimum Gasteiger partial charge on any atom is -0.383 e. The van der Waals surface area contributed by atoms with Gasteiger partial charge in [0.1, 0.15) is 12.1 Å². The number of nitrogens with zero attached hydrogens (tertiary/aromatic N) is 2. The fourth-order valence-electron chi connectivity index (χ4n) is 1.55. The number of aryl methyl sites for hydroxylation is 1. The topological polar surface area (TPSA) is 51.8 Å². The molecule has 0 aliphatic heterocycles. The Balaban J connectivity index is 2.49. The van der Waals surface area contributed by atoms with E-state index in [1.54, 1.807) is 6.33 Å². The molecule has 0 saturated carbocycles. The van der Waals surface area contributed by atoms with Crippen LogP contribution >= 0.6 is 0 Å². The van der Waals surface area contributed by atoms with Gasteiger partial charge in [-0.15, -0.1) is 0 Å². The number of nitrogen functional groups attached to an aromatic ring is 1. The summed E-state index contributed by atoms with van der Waals surface area (Å²) >= 11 is 0. The third kappa shape index (κ3) is 1.06. The summed E-state index contributed by atoms with van der Waals surface area (Å²) in [6.45, 7) is 0. The first-order valence-electron chi connectivity index (χ1n) is 3.96. The molecule has 0 aromatic carbocycles. The third-order valence-corrected chi connectivity index (χ3v) is 2.16. The van der Waals surface area contributed by atoms with Crippen LogP contribution in [-0.4, -0.2) is 9.97 Å². The Morgan fingerprint density at radius 3 is 2.82 bits per heavy atom. The van der Waals surface area contributed by atoms with Crippen LogP contribution in [0, 0.1) is 0 Å². The molecule has 1 aromatic heterocycles. The maximum Gasteiger partial charge on any atom is 0.130 e. The maximum absolute atomic E-state index is 5.69. The van der Waals surface area contributed by atoms with E-state index in [1.807, 2.05) is 0 Å². The lowest BCUT2D eigenvalue weighted by Crippen LogP contribution is -2.09. The van der Waals surface area contributed by atoms with Crippen molar-refractivity contribution < 1.29 is 0 Å². The molecule has 2 N–H and O–H groups in total. The predicted octanol–water partition coefficient (Wildman–Crippen LogP) is 0.938. The average Bonchev–Trinajstić information content (AvgIpc) is 2.06. The summed E-state index contributed by atoms with van der Waals surface area (Å²) < 4.78 is 0. The highest BCUT2D eigenvalue weighted by atomic mass is 14.9. The third-order valence-electron chi connectivity index (χ3n) is 2.16. The van der Waals surface area contributed by atoms with Crippen LogP contribution in [0.25, 0.3) is 0 Å². The second-order valence-electron chi connectivity index (χ2n) is 2.89. The fraction of sp³-hybridized carbons (Fsp3) is 0.500. The number of fused-ring (bicyclic) bond motifs is 1. The summed E-state index contributed by atoms with van der Waals surface area (Å²) in [5, 5.41) is 0. The zero-order valence-corrected chi connectivity index (χ0v) is 6.38. The van der Waals surface area contributed by atoms with Crippen LogP contribution in [-0.2, 0) is 12.8 Å². The Hall–Kier alpha value is -1.12. The summed E-state index contributed by atoms with van der Waals surface area (Å²) in [7, 11) is 0. The van der Waals surface area contributed by atoms with Gasteiger partial charge in [0, 0.05) is 11.3 Å². The first-order chi connectivity index (χ1) is 5.38. The van der Waals surface area contributed by atoms with E-state index in [-0.39, 0.29) is 0 Å². The number of anilines is 1. The lowest BCUT2D eigenvalue weighted by Gasteiger charge is -2.14. The van der Waals surface area contributed by atoms with Crippen LogP contribution in [0.2, 0.25) is 0 Å². The summed E-state index contributed by atoms with van der Waals surface area (Å²) in [5.74, 6) is 0.676. The van der Waals surface area contributed by atoms with E-state index >= 15 is 0 Å². The fourth-order valence-corrected chi connectivity index (χ4v) is 1.55. The lowest BCUT2D eigenvalue weighted by atomic mass is 9.97. The van der Waals surface area contributed by atoms with E-state index < -0.39 is 0 Å². The molecule has 58 valence electrons. The Kier molecular flexibility index (Phi) is 1.49. The van der Waals surface area contributed by atoms with Crippen LogP contribution in [0.5, 0.6) is 0 Å². The van der Waals surface area contributed by atoms with Crippen molar-refractivity contribution in [2.45, 2.75) is 25.7 Å². The van der Waals surface area contributed by atoms with Crippen LogP contribution < -0.4 is 5.73 Å². The summed E-state index contributed by atoms with van der Waals surface area (Å²) in [6.07, 6.45) is 6.15. The van der Waals surface area contributed by atoms with E-state index in [0.29, 0.717) is 5.82 Å². The number of aromatic nitrogens is 2. The molecule has 11 heavy (non-hydrogen) atoms. The molecular weight excluding hydrogens is 138 g/mol. The van der Waals surface area contributed by atoms with Gasteiger partial charge in [-0.05, 0) is 25.7 Å². The zero-order chi connectivity index (χ0) is 7.68. The van der Waals surface area contributed by atoms with Gasteiger partial charge in [0.15, 0.2) is 0 Å². The van der Waals surface area contributed by atoms with E-state index in [9.17, 15) is 0 Å². The van der Waals surface area contributed by atoms with E-state index in [1.165, 1.54) is 18.4 Å². The zero-order valence-electron chi connectivity index (χ0n) is 6.38. The van der Waals surface area contributed by atoms with Gasteiger partial charge in [0.25, 0.3) is 0 Å². The number of nitrogens with two attached hydrogens (primary N) is 1. The Morgan fingerprint density at radius 2 is 2.00 bits per heavy atom. The molecule has 1 heterocycles. The molecular formula is C8H11N3. The highest BCUT2D eigenvalue weighted by molar-refractivity contribution is 5.42. The van der Waals surface area contributed by atoms with Crippen molar-refractivity contribution in [1.29, 1.82) is 0 Å². The molecule has 1 aliphatic carbocycles. The van der Waals surface area contributed by atoms with Crippen LogP contribution in [0.3, 0.4) is 0 Å². The van der Waals surface area contributed by atoms with Crippen molar-refractivity contribution in [1.82, 2.24) is 9.97 Å². The van der Waals surface area contributed by atoms with E-state index in [0.717, 1.165) is 18.5 Å². The monoisotopic (exact) mass is 149 g/mol. The summed E-state index contributed by atoms with van der Waals surface area (Å²) in [5.41, 5.74) is 8.03. The molecule has 0 bridgehead atoms. The largest absolute Gasteiger partial charge is 0.383 e. The summed E-state index contributed by atoms with van der Waals surface area (Å²) in [6, 6.07) is 0. The second-order valence-corrected chi connectivity index (χ2v) is 2.89. The average molecular weight is 149 g/mol. The molecule has 0 fully saturated rings. The van der Waals surface area contributed by atoms with Crippen molar-refractivity contribution in [2.75, 3.05) is 5.73 Å². The number of hydrogen-bond acceptors (Lipinski definition) is 3.